The molecule has 1 heterocycles. The highest BCUT2D eigenvalue weighted by Crippen LogP contribution is 2.60. The number of nitrogen functional groups attached to an aromatic ring is 1. The van der Waals surface area contributed by atoms with Gasteiger partial charge in [0.25, 0.3) is 0 Å². The van der Waals surface area contributed by atoms with Gasteiger partial charge < -0.3 is 16.5 Å². The average Bonchev–Trinajstić information content (AvgIpc) is 2.99. The Labute approximate surface area is 107 Å². The highest BCUT2D eigenvalue weighted by atomic mass is 14.9. The summed E-state index contributed by atoms with van der Waals surface area (Å²) in [5.41, 5.74) is 10.3. The van der Waals surface area contributed by atoms with Crippen LogP contribution in [-0.4, -0.2) is 12.8 Å². The molecule has 0 unspecified atom stereocenters. The fraction of sp³-hybridized carbons (Fsp3) is 0.533. The molecule has 0 aromatic heterocycles. The van der Waals surface area contributed by atoms with Gasteiger partial charge in [-0.25, -0.2) is 0 Å². The normalized spacial score (nSPS) is 35.8. The maximum Gasteiger partial charge on any atom is 0.0407 e. The van der Waals surface area contributed by atoms with E-state index in [4.69, 9.17) is 11.1 Å². The third-order valence-electron chi connectivity index (χ3n) is 5.42. The molecule has 3 aliphatic rings. The minimum absolute atomic E-state index is 0.653. The molecule has 1 aromatic rings. The third-order valence-corrected chi connectivity index (χ3v) is 5.42. The van der Waals surface area contributed by atoms with Gasteiger partial charge in [0.05, 0.1) is 0 Å². The first kappa shape index (κ1) is 10.4. The molecule has 1 aliphatic heterocycles. The van der Waals surface area contributed by atoms with E-state index in [1.54, 1.807) is 0 Å². The molecule has 4 atom stereocenters. The summed E-state index contributed by atoms with van der Waals surface area (Å²) in [5, 5.41) is 11.2. The summed E-state index contributed by atoms with van der Waals surface area (Å²) in [5.74, 6) is 3.17. The van der Waals surface area contributed by atoms with Gasteiger partial charge in [0, 0.05) is 29.7 Å². The molecule has 0 amide bonds. The van der Waals surface area contributed by atoms with Crippen molar-refractivity contribution in [2.45, 2.75) is 25.2 Å². The molecule has 2 saturated carbocycles. The van der Waals surface area contributed by atoms with Crippen LogP contribution in [0.25, 0.3) is 0 Å². The quantitative estimate of drug-likeness (QED) is 0.523. The molecule has 2 bridgehead atoms. The van der Waals surface area contributed by atoms with Crippen molar-refractivity contribution in [3.63, 3.8) is 0 Å². The summed E-state index contributed by atoms with van der Waals surface area (Å²) in [6.07, 6.45) is 5.62. The van der Waals surface area contributed by atoms with Gasteiger partial charge in [-0.15, -0.1) is 0 Å². The Morgan fingerprint density at radius 1 is 1.28 bits per heavy atom. The minimum atomic E-state index is 0.653. The standard InChI is InChI=1S/C15H19N3/c16-6-10-12(17)3-4-13-15(10)14-9-2-1-8(5-9)11(14)7-18-13/h3-4,6,8-9,11,14,16,18H,1-2,5,7,17H2/t8-,9+,11+,14-/m0/s1. The van der Waals surface area contributed by atoms with Gasteiger partial charge >= 0.3 is 0 Å². The highest BCUT2D eigenvalue weighted by molar-refractivity contribution is 5.90. The van der Waals surface area contributed by atoms with Crippen LogP contribution in [0.2, 0.25) is 0 Å². The molecule has 2 aliphatic carbocycles. The van der Waals surface area contributed by atoms with Gasteiger partial charge in [0.1, 0.15) is 0 Å². The van der Waals surface area contributed by atoms with Crippen molar-refractivity contribution >= 4 is 17.6 Å². The molecule has 4 N–H and O–H groups in total. The van der Waals surface area contributed by atoms with E-state index in [1.807, 2.05) is 6.07 Å². The monoisotopic (exact) mass is 241 g/mol. The predicted molar refractivity (Wildman–Crippen MR) is 74.3 cm³/mol. The van der Waals surface area contributed by atoms with Crippen molar-refractivity contribution in [2.75, 3.05) is 17.6 Å². The van der Waals surface area contributed by atoms with Crippen LogP contribution in [0.1, 0.15) is 36.3 Å². The number of nitrogens with one attached hydrogen (secondary N) is 2. The Balaban J connectivity index is 1.91. The predicted octanol–water partition coefficient (Wildman–Crippen LogP) is 2.82. The zero-order valence-electron chi connectivity index (χ0n) is 10.4. The molecule has 4 rings (SSSR count). The van der Waals surface area contributed by atoms with E-state index in [1.165, 1.54) is 36.7 Å². The zero-order chi connectivity index (χ0) is 12.3. The molecule has 18 heavy (non-hydrogen) atoms. The number of hydrogen-bond acceptors (Lipinski definition) is 3. The lowest BCUT2D eigenvalue weighted by Crippen LogP contribution is -2.33. The molecule has 94 valence electrons. The van der Waals surface area contributed by atoms with Gasteiger partial charge in [0.2, 0.25) is 0 Å². The Hall–Kier alpha value is -1.51. The van der Waals surface area contributed by atoms with E-state index in [9.17, 15) is 0 Å². The van der Waals surface area contributed by atoms with E-state index in [0.717, 1.165) is 35.5 Å². The van der Waals surface area contributed by atoms with Gasteiger partial charge in [-0.1, -0.05) is 0 Å². The second-order valence-electron chi connectivity index (χ2n) is 6.08. The van der Waals surface area contributed by atoms with Crippen molar-refractivity contribution in [1.82, 2.24) is 0 Å². The first-order valence-corrected chi connectivity index (χ1v) is 6.96. The minimum Gasteiger partial charge on any atom is -0.398 e. The number of rotatable bonds is 1. The summed E-state index contributed by atoms with van der Waals surface area (Å²) >= 11 is 0. The Morgan fingerprint density at radius 2 is 2.11 bits per heavy atom. The smallest absolute Gasteiger partial charge is 0.0407 e. The van der Waals surface area contributed by atoms with E-state index in [-0.39, 0.29) is 0 Å². The summed E-state index contributed by atoms with van der Waals surface area (Å²) in [7, 11) is 0. The van der Waals surface area contributed by atoms with E-state index >= 15 is 0 Å². The van der Waals surface area contributed by atoms with Crippen LogP contribution in [0.4, 0.5) is 11.4 Å². The van der Waals surface area contributed by atoms with Crippen LogP contribution in [0.15, 0.2) is 12.1 Å². The number of benzene rings is 1. The second kappa shape index (κ2) is 3.50. The van der Waals surface area contributed by atoms with Crippen LogP contribution >= 0.6 is 0 Å². The first-order chi connectivity index (χ1) is 8.79. The number of fused-ring (bicyclic) bond motifs is 7. The first-order valence-electron chi connectivity index (χ1n) is 6.96. The molecule has 0 spiro atoms. The number of hydrogen-bond donors (Lipinski definition) is 3. The second-order valence-corrected chi connectivity index (χ2v) is 6.08. The summed E-state index contributed by atoms with van der Waals surface area (Å²) in [6.45, 7) is 1.11. The molecule has 3 nitrogen and oxygen atoms in total. The van der Waals surface area contributed by atoms with Crippen molar-refractivity contribution < 1.29 is 0 Å². The van der Waals surface area contributed by atoms with Crippen LogP contribution in [0, 0.1) is 23.2 Å². The molecular formula is C15H19N3. The van der Waals surface area contributed by atoms with Crippen molar-refractivity contribution in [2.24, 2.45) is 17.8 Å². The molecular weight excluding hydrogens is 222 g/mol. The molecule has 0 radical (unpaired) electrons. The maximum absolute atomic E-state index is 7.68. The van der Waals surface area contributed by atoms with Crippen molar-refractivity contribution in [3.8, 4) is 0 Å². The van der Waals surface area contributed by atoms with Crippen molar-refractivity contribution in [3.05, 3.63) is 23.3 Å². The van der Waals surface area contributed by atoms with E-state index in [0.29, 0.717) is 5.92 Å². The van der Waals surface area contributed by atoms with Gasteiger partial charge in [0.15, 0.2) is 0 Å². The fourth-order valence-corrected chi connectivity index (χ4v) is 4.71. The summed E-state index contributed by atoms with van der Waals surface area (Å²) in [4.78, 5) is 0. The molecule has 2 fully saturated rings. The van der Waals surface area contributed by atoms with Gasteiger partial charge in [-0.2, -0.15) is 0 Å². The number of nitrogens with two attached hydrogens (primary N) is 1. The van der Waals surface area contributed by atoms with Crippen LogP contribution < -0.4 is 11.1 Å². The largest absolute Gasteiger partial charge is 0.398 e. The highest BCUT2D eigenvalue weighted by Gasteiger charge is 2.50. The fourth-order valence-electron chi connectivity index (χ4n) is 4.71. The van der Waals surface area contributed by atoms with Crippen LogP contribution in [-0.2, 0) is 0 Å². The summed E-state index contributed by atoms with van der Waals surface area (Å²) in [6, 6.07) is 4.03. The molecule has 1 aromatic carbocycles. The zero-order valence-corrected chi connectivity index (χ0v) is 10.4. The average molecular weight is 241 g/mol. The van der Waals surface area contributed by atoms with Crippen LogP contribution in [0.5, 0.6) is 0 Å². The molecule has 3 heteroatoms. The molecule has 0 saturated heterocycles. The van der Waals surface area contributed by atoms with Crippen LogP contribution in [0.3, 0.4) is 0 Å². The SMILES string of the molecule is N=Cc1c(N)ccc2c1[C@H]1[C@@H]3CC[C@@H](C3)[C@H]1CN2. The topological polar surface area (TPSA) is 61.9 Å². The lowest BCUT2D eigenvalue weighted by atomic mass is 9.71. The third kappa shape index (κ3) is 1.17. The Bertz CT molecular complexity index is 523. The van der Waals surface area contributed by atoms with E-state index in [2.05, 4.69) is 11.4 Å². The lowest BCUT2D eigenvalue weighted by Gasteiger charge is -2.38. The van der Waals surface area contributed by atoms with Gasteiger partial charge in [-0.05, 0) is 60.6 Å². The number of anilines is 2. The van der Waals surface area contributed by atoms with Gasteiger partial charge in [-0.3, -0.25) is 0 Å². The Morgan fingerprint density at radius 3 is 2.94 bits per heavy atom. The summed E-state index contributed by atoms with van der Waals surface area (Å²) < 4.78 is 0. The van der Waals surface area contributed by atoms with E-state index < -0.39 is 0 Å². The Kier molecular flexibility index (Phi) is 2.02. The maximum atomic E-state index is 7.68. The lowest BCUT2D eigenvalue weighted by molar-refractivity contribution is 0.294. The van der Waals surface area contributed by atoms with Crippen molar-refractivity contribution in [1.29, 1.82) is 5.41 Å².